The molecular weight excluding hydrogens is 295 g/mol. The zero-order valence-electron chi connectivity index (χ0n) is 12.1. The summed E-state index contributed by atoms with van der Waals surface area (Å²) < 4.78 is 13.8. The molecule has 3 N–H and O–H groups in total. The van der Waals surface area contributed by atoms with E-state index in [2.05, 4.69) is 15.2 Å². The lowest BCUT2D eigenvalue weighted by molar-refractivity contribution is 0.762. The van der Waals surface area contributed by atoms with Crippen molar-refractivity contribution in [1.29, 1.82) is 0 Å². The molecule has 114 valence electrons. The van der Waals surface area contributed by atoms with Crippen LogP contribution in [0, 0.1) is 0 Å². The van der Waals surface area contributed by atoms with Gasteiger partial charge in [0, 0.05) is 35.7 Å². The van der Waals surface area contributed by atoms with Gasteiger partial charge in [0.25, 0.3) is 5.56 Å². The first kappa shape index (κ1) is 13.8. The zero-order valence-corrected chi connectivity index (χ0v) is 12.1. The van der Waals surface area contributed by atoms with Gasteiger partial charge in [0.05, 0.1) is 16.8 Å². The topological polar surface area (TPSA) is 84.7 Å². The summed E-state index contributed by atoms with van der Waals surface area (Å²) in [6, 6.07) is 7.17. The van der Waals surface area contributed by atoms with Gasteiger partial charge in [-0.1, -0.05) is 6.07 Å². The number of hydrogen-bond acceptors (Lipinski definition) is 4. The molecule has 0 atom stereocenters. The molecule has 1 aliphatic rings. The van der Waals surface area contributed by atoms with Gasteiger partial charge in [-0.2, -0.15) is 5.10 Å². The van der Waals surface area contributed by atoms with Crippen LogP contribution in [0.3, 0.4) is 0 Å². The van der Waals surface area contributed by atoms with Crippen LogP contribution in [0.5, 0.6) is 0 Å². The number of allylic oxidation sites excluding steroid dienone is 1. The third kappa shape index (κ3) is 2.15. The summed E-state index contributed by atoms with van der Waals surface area (Å²) in [5.41, 5.74) is 8.96. The van der Waals surface area contributed by atoms with Crippen molar-refractivity contribution in [3.8, 4) is 11.1 Å². The van der Waals surface area contributed by atoms with Gasteiger partial charge >= 0.3 is 0 Å². The van der Waals surface area contributed by atoms with Gasteiger partial charge in [0.15, 0.2) is 0 Å². The largest absolute Gasteiger partial charge is 0.325 e. The molecule has 2 heterocycles. The molecule has 0 saturated heterocycles. The number of nitrogens with one attached hydrogen (secondary N) is 1. The molecule has 4 rings (SSSR count). The van der Waals surface area contributed by atoms with Gasteiger partial charge in [0.2, 0.25) is 0 Å². The minimum absolute atomic E-state index is 0.219. The number of hydrogen-bond donors (Lipinski definition) is 2. The normalized spacial score (nSPS) is 13.2. The fourth-order valence-corrected chi connectivity index (χ4v) is 2.87. The molecule has 1 aromatic carbocycles. The number of fused-ring (bicyclic) bond motifs is 2. The van der Waals surface area contributed by atoms with Crippen molar-refractivity contribution in [3.63, 3.8) is 0 Å². The van der Waals surface area contributed by atoms with E-state index >= 15 is 0 Å². The van der Waals surface area contributed by atoms with E-state index in [1.807, 2.05) is 12.1 Å². The van der Waals surface area contributed by atoms with Crippen LogP contribution in [-0.2, 0) is 13.0 Å². The van der Waals surface area contributed by atoms with Crippen molar-refractivity contribution in [2.75, 3.05) is 0 Å². The van der Waals surface area contributed by atoms with Crippen LogP contribution in [-0.4, -0.2) is 15.2 Å². The molecule has 23 heavy (non-hydrogen) atoms. The molecular formula is C17H13FN4O. The highest BCUT2D eigenvalue weighted by Gasteiger charge is 2.16. The molecule has 2 aromatic heterocycles. The average molecular weight is 308 g/mol. The Hall–Kier alpha value is -2.86. The lowest BCUT2D eigenvalue weighted by Crippen LogP contribution is -2.13. The molecule has 0 aliphatic heterocycles. The van der Waals surface area contributed by atoms with Crippen LogP contribution < -0.4 is 11.3 Å². The van der Waals surface area contributed by atoms with Crippen molar-refractivity contribution in [2.24, 2.45) is 5.73 Å². The molecule has 0 spiro atoms. The van der Waals surface area contributed by atoms with Gasteiger partial charge < -0.3 is 5.73 Å². The Kier molecular flexibility index (Phi) is 3.06. The van der Waals surface area contributed by atoms with E-state index in [1.54, 1.807) is 18.3 Å². The number of H-pyrrole nitrogens is 1. The number of aromatic amines is 1. The number of nitrogens with zero attached hydrogens (tertiary/aromatic N) is 2. The maximum atomic E-state index is 13.8. The monoisotopic (exact) mass is 308 g/mol. The zero-order chi connectivity index (χ0) is 16.0. The fraction of sp³-hybridized carbons (Fsp3) is 0.118. The van der Waals surface area contributed by atoms with Crippen molar-refractivity contribution in [1.82, 2.24) is 15.2 Å². The second-order valence-corrected chi connectivity index (χ2v) is 5.44. The highest BCUT2D eigenvalue weighted by Crippen LogP contribution is 2.31. The van der Waals surface area contributed by atoms with Gasteiger partial charge in [-0.3, -0.25) is 9.78 Å². The highest BCUT2D eigenvalue weighted by molar-refractivity contribution is 5.88. The van der Waals surface area contributed by atoms with E-state index < -0.39 is 0 Å². The van der Waals surface area contributed by atoms with Crippen LogP contribution in [0.15, 0.2) is 41.3 Å². The molecule has 0 bridgehead atoms. The summed E-state index contributed by atoms with van der Waals surface area (Å²) in [6.07, 6.45) is 3.77. The van der Waals surface area contributed by atoms with E-state index in [0.29, 0.717) is 28.5 Å². The number of halogens is 1. The van der Waals surface area contributed by atoms with Gasteiger partial charge in [-0.15, -0.1) is 0 Å². The first-order valence-corrected chi connectivity index (χ1v) is 7.24. The summed E-state index contributed by atoms with van der Waals surface area (Å²) in [6.45, 7) is 0.219. The quantitative estimate of drug-likeness (QED) is 0.761. The molecule has 1 aliphatic carbocycles. The number of pyridine rings is 1. The lowest BCUT2D eigenvalue weighted by Gasteiger charge is -2.08. The minimum Gasteiger partial charge on any atom is -0.325 e. The molecule has 0 saturated carbocycles. The molecule has 3 aromatic rings. The van der Waals surface area contributed by atoms with Crippen molar-refractivity contribution < 1.29 is 4.39 Å². The Balaban J connectivity index is 1.92. The Morgan fingerprint density at radius 2 is 2.09 bits per heavy atom. The Bertz CT molecular complexity index is 1020. The van der Waals surface area contributed by atoms with Crippen molar-refractivity contribution in [3.05, 3.63) is 63.8 Å². The second-order valence-electron chi connectivity index (χ2n) is 5.44. The van der Waals surface area contributed by atoms with E-state index in [1.165, 1.54) is 6.08 Å². The summed E-state index contributed by atoms with van der Waals surface area (Å²) in [7, 11) is 0. The Morgan fingerprint density at radius 3 is 2.91 bits per heavy atom. The predicted molar refractivity (Wildman–Crippen MR) is 86.3 cm³/mol. The third-order valence-corrected chi connectivity index (χ3v) is 4.10. The first-order chi connectivity index (χ1) is 11.2. The van der Waals surface area contributed by atoms with E-state index in [0.717, 1.165) is 16.8 Å². The van der Waals surface area contributed by atoms with Gasteiger partial charge in [-0.05, 0) is 29.8 Å². The van der Waals surface area contributed by atoms with Crippen LogP contribution in [0.4, 0.5) is 4.39 Å². The smallest absolute Gasteiger partial charge is 0.272 e. The SMILES string of the molecule is NCc1n[nH]c(=O)c2ccc(-c3cnc4c(c3)C(F)=CC4)cc12. The van der Waals surface area contributed by atoms with Gasteiger partial charge in [-0.25, -0.2) is 9.49 Å². The van der Waals surface area contributed by atoms with E-state index in [4.69, 9.17) is 5.73 Å². The summed E-state index contributed by atoms with van der Waals surface area (Å²) in [4.78, 5) is 16.2. The minimum atomic E-state index is -0.259. The van der Waals surface area contributed by atoms with Crippen LogP contribution in [0.25, 0.3) is 27.7 Å². The number of rotatable bonds is 2. The Labute approximate surface area is 130 Å². The average Bonchev–Trinajstić information content (AvgIpc) is 2.96. The third-order valence-electron chi connectivity index (χ3n) is 4.10. The first-order valence-electron chi connectivity index (χ1n) is 7.24. The fourth-order valence-electron chi connectivity index (χ4n) is 2.87. The number of nitrogens with two attached hydrogens (primary N) is 1. The standard InChI is InChI=1S/C17H13FN4O/c18-14-3-4-15-13(14)6-10(8-20-15)9-1-2-11-12(5-9)16(7-19)21-22-17(11)23/h1-3,5-6,8H,4,7,19H2,(H,22,23). The molecule has 0 amide bonds. The maximum absolute atomic E-state index is 13.8. The summed E-state index contributed by atoms with van der Waals surface area (Å²) in [5.74, 6) is -0.240. The van der Waals surface area contributed by atoms with Crippen LogP contribution in [0.1, 0.15) is 17.0 Å². The summed E-state index contributed by atoms with van der Waals surface area (Å²) in [5, 5.41) is 7.65. The van der Waals surface area contributed by atoms with Crippen LogP contribution in [0.2, 0.25) is 0 Å². The van der Waals surface area contributed by atoms with Gasteiger partial charge in [0.1, 0.15) is 5.83 Å². The molecule has 5 nitrogen and oxygen atoms in total. The van der Waals surface area contributed by atoms with E-state index in [-0.39, 0.29) is 17.9 Å². The molecule has 0 unspecified atom stereocenters. The second kappa shape index (κ2) is 5.10. The highest BCUT2D eigenvalue weighted by atomic mass is 19.1. The summed E-state index contributed by atoms with van der Waals surface area (Å²) >= 11 is 0. The van der Waals surface area contributed by atoms with Crippen molar-refractivity contribution >= 4 is 16.6 Å². The lowest BCUT2D eigenvalue weighted by atomic mass is 10.0. The van der Waals surface area contributed by atoms with Crippen molar-refractivity contribution in [2.45, 2.75) is 13.0 Å². The Morgan fingerprint density at radius 1 is 1.22 bits per heavy atom. The molecule has 0 fully saturated rings. The molecule has 6 heteroatoms. The predicted octanol–water partition coefficient (Wildman–Crippen LogP) is 2.31. The number of benzene rings is 1. The van der Waals surface area contributed by atoms with Crippen LogP contribution >= 0.6 is 0 Å². The maximum Gasteiger partial charge on any atom is 0.272 e. The van der Waals surface area contributed by atoms with E-state index in [9.17, 15) is 9.18 Å². The molecule has 0 radical (unpaired) electrons. The number of aromatic nitrogens is 3.